The van der Waals surface area contributed by atoms with Crippen molar-refractivity contribution in [3.63, 3.8) is 0 Å². The summed E-state index contributed by atoms with van der Waals surface area (Å²) >= 11 is 0. The molecule has 0 atom stereocenters. The molecule has 0 unspecified atom stereocenters. The Morgan fingerprint density at radius 1 is 1.41 bits per heavy atom. The maximum atomic E-state index is 11.2. The highest BCUT2D eigenvalue weighted by Crippen LogP contribution is 2.25. The molecule has 17 heavy (non-hydrogen) atoms. The van der Waals surface area contributed by atoms with Crippen molar-refractivity contribution in [2.24, 2.45) is 0 Å². The Kier molecular flexibility index (Phi) is 2.60. The summed E-state index contributed by atoms with van der Waals surface area (Å²) in [5, 5.41) is 18.9. The van der Waals surface area contributed by atoms with Gasteiger partial charge in [-0.3, -0.25) is 0 Å². The minimum Gasteiger partial charge on any atom is -0.477 e. The van der Waals surface area contributed by atoms with E-state index >= 15 is 0 Å². The van der Waals surface area contributed by atoms with Crippen LogP contribution in [0, 0.1) is 11.3 Å². The first-order chi connectivity index (χ1) is 8.04. The van der Waals surface area contributed by atoms with Crippen molar-refractivity contribution in [3.05, 3.63) is 35.5 Å². The van der Waals surface area contributed by atoms with Gasteiger partial charge in [0.2, 0.25) is 0 Å². The lowest BCUT2D eigenvalue weighted by Gasteiger charge is -2.12. The zero-order valence-corrected chi connectivity index (χ0v) is 9.64. The third kappa shape index (κ3) is 1.76. The van der Waals surface area contributed by atoms with E-state index in [4.69, 9.17) is 10.4 Å². The molecule has 1 heterocycles. The number of fused-ring (bicyclic) bond motifs is 1. The van der Waals surface area contributed by atoms with Crippen molar-refractivity contribution >= 4 is 16.9 Å². The molecule has 0 saturated carbocycles. The molecule has 0 aliphatic carbocycles. The number of aromatic nitrogens is 1. The molecule has 0 aliphatic heterocycles. The molecular formula is C13H12N2O2. The molecule has 86 valence electrons. The zero-order chi connectivity index (χ0) is 12.6. The molecule has 0 fully saturated rings. The fourth-order valence-corrected chi connectivity index (χ4v) is 2.01. The van der Waals surface area contributed by atoms with Gasteiger partial charge < -0.3 is 9.67 Å². The summed E-state index contributed by atoms with van der Waals surface area (Å²) < 4.78 is 1.73. The van der Waals surface area contributed by atoms with Gasteiger partial charge in [0.05, 0.1) is 17.1 Å². The minimum atomic E-state index is -0.951. The molecule has 2 aromatic rings. The predicted octanol–water partition coefficient (Wildman–Crippen LogP) is 2.79. The lowest BCUT2D eigenvalue weighted by atomic mass is 10.2. The molecule has 2 rings (SSSR count). The first-order valence-electron chi connectivity index (χ1n) is 5.33. The number of rotatable bonds is 2. The van der Waals surface area contributed by atoms with Crippen molar-refractivity contribution < 1.29 is 9.90 Å². The number of carbonyl (C=O) groups is 1. The standard InChI is InChI=1S/C13H12N2O2/c1-8(2)15-11-5-9(7-14)3-4-10(11)6-12(15)13(16)17/h3-6,8H,1-2H3,(H,16,17). The van der Waals surface area contributed by atoms with Crippen molar-refractivity contribution in [3.8, 4) is 6.07 Å². The quantitative estimate of drug-likeness (QED) is 0.859. The highest BCUT2D eigenvalue weighted by atomic mass is 16.4. The van der Waals surface area contributed by atoms with Gasteiger partial charge in [0.25, 0.3) is 0 Å². The first-order valence-corrected chi connectivity index (χ1v) is 5.33. The summed E-state index contributed by atoms with van der Waals surface area (Å²) in [4.78, 5) is 11.2. The second kappa shape index (κ2) is 3.95. The summed E-state index contributed by atoms with van der Waals surface area (Å²) in [6.45, 7) is 3.84. The number of hydrogen-bond acceptors (Lipinski definition) is 2. The molecule has 0 saturated heterocycles. The highest BCUT2D eigenvalue weighted by molar-refractivity contribution is 5.95. The van der Waals surface area contributed by atoms with E-state index in [9.17, 15) is 4.79 Å². The minimum absolute atomic E-state index is 0.0348. The van der Waals surface area contributed by atoms with Crippen LogP contribution in [-0.4, -0.2) is 15.6 Å². The maximum absolute atomic E-state index is 11.2. The number of benzene rings is 1. The molecule has 0 bridgehead atoms. The second-order valence-electron chi connectivity index (χ2n) is 4.18. The molecule has 4 nitrogen and oxygen atoms in total. The van der Waals surface area contributed by atoms with Crippen LogP contribution < -0.4 is 0 Å². The molecule has 1 N–H and O–H groups in total. The number of nitriles is 1. The van der Waals surface area contributed by atoms with Crippen molar-refractivity contribution in [2.45, 2.75) is 19.9 Å². The lowest BCUT2D eigenvalue weighted by Crippen LogP contribution is -2.10. The smallest absolute Gasteiger partial charge is 0.352 e. The molecule has 0 spiro atoms. The summed E-state index contributed by atoms with van der Waals surface area (Å²) in [7, 11) is 0. The Morgan fingerprint density at radius 3 is 2.65 bits per heavy atom. The van der Waals surface area contributed by atoms with E-state index in [0.717, 1.165) is 10.9 Å². The Hall–Kier alpha value is -2.28. The van der Waals surface area contributed by atoms with Crippen LogP contribution in [0.25, 0.3) is 10.9 Å². The van der Waals surface area contributed by atoms with Crippen LogP contribution in [0.4, 0.5) is 0 Å². The topological polar surface area (TPSA) is 66.0 Å². The summed E-state index contributed by atoms with van der Waals surface area (Å²) in [5.41, 5.74) is 1.58. The number of hydrogen-bond donors (Lipinski definition) is 1. The third-order valence-corrected chi connectivity index (χ3v) is 2.71. The Balaban J connectivity index is 2.83. The van der Waals surface area contributed by atoms with Gasteiger partial charge in [0, 0.05) is 11.4 Å². The van der Waals surface area contributed by atoms with Gasteiger partial charge in [-0.05, 0) is 32.0 Å². The molecule has 4 heteroatoms. The van der Waals surface area contributed by atoms with Crippen molar-refractivity contribution in [1.29, 1.82) is 5.26 Å². The van der Waals surface area contributed by atoms with Gasteiger partial charge >= 0.3 is 5.97 Å². The molecule has 1 aromatic carbocycles. The number of carboxylic acids is 1. The monoisotopic (exact) mass is 228 g/mol. The van der Waals surface area contributed by atoms with Gasteiger partial charge in [-0.1, -0.05) is 6.07 Å². The zero-order valence-electron chi connectivity index (χ0n) is 9.64. The highest BCUT2D eigenvalue weighted by Gasteiger charge is 2.16. The molecule has 1 aromatic heterocycles. The van der Waals surface area contributed by atoms with Crippen LogP contribution in [0.3, 0.4) is 0 Å². The van der Waals surface area contributed by atoms with Crippen LogP contribution in [-0.2, 0) is 0 Å². The summed E-state index contributed by atoms with van der Waals surface area (Å²) in [6.07, 6.45) is 0. The van der Waals surface area contributed by atoms with Gasteiger partial charge in [0.1, 0.15) is 5.69 Å². The van der Waals surface area contributed by atoms with Crippen molar-refractivity contribution in [2.75, 3.05) is 0 Å². The SMILES string of the molecule is CC(C)n1c(C(=O)O)cc2ccc(C#N)cc21. The van der Waals surface area contributed by atoms with E-state index in [2.05, 4.69) is 6.07 Å². The average molecular weight is 228 g/mol. The lowest BCUT2D eigenvalue weighted by molar-refractivity contribution is 0.0684. The van der Waals surface area contributed by atoms with Gasteiger partial charge in [-0.15, -0.1) is 0 Å². The largest absolute Gasteiger partial charge is 0.477 e. The predicted molar refractivity (Wildman–Crippen MR) is 64.0 cm³/mol. The number of nitrogens with zero attached hydrogens (tertiary/aromatic N) is 2. The van der Waals surface area contributed by atoms with E-state index in [-0.39, 0.29) is 11.7 Å². The Labute approximate surface area is 98.7 Å². The molecule has 0 aliphatic rings. The number of aromatic carboxylic acids is 1. The molecule has 0 radical (unpaired) electrons. The van der Waals surface area contributed by atoms with E-state index < -0.39 is 5.97 Å². The first kappa shape index (κ1) is 11.2. The summed E-state index contributed by atoms with van der Waals surface area (Å²) in [5.74, 6) is -0.951. The average Bonchev–Trinajstić information content (AvgIpc) is 2.66. The van der Waals surface area contributed by atoms with Gasteiger partial charge in [0.15, 0.2) is 0 Å². The third-order valence-electron chi connectivity index (χ3n) is 2.71. The van der Waals surface area contributed by atoms with Gasteiger partial charge in [-0.2, -0.15) is 5.26 Å². The van der Waals surface area contributed by atoms with E-state index in [1.54, 1.807) is 28.8 Å². The van der Waals surface area contributed by atoms with E-state index in [1.807, 2.05) is 13.8 Å². The van der Waals surface area contributed by atoms with Crippen molar-refractivity contribution in [1.82, 2.24) is 4.57 Å². The second-order valence-corrected chi connectivity index (χ2v) is 4.18. The maximum Gasteiger partial charge on any atom is 0.352 e. The summed E-state index contributed by atoms with van der Waals surface area (Å²) in [6, 6.07) is 8.93. The Morgan fingerprint density at radius 2 is 2.12 bits per heavy atom. The van der Waals surface area contributed by atoms with Gasteiger partial charge in [-0.25, -0.2) is 4.79 Å². The van der Waals surface area contributed by atoms with E-state index in [0.29, 0.717) is 5.56 Å². The van der Waals surface area contributed by atoms with Crippen LogP contribution in [0.1, 0.15) is 35.9 Å². The number of carboxylic acid groups (broad SMARTS) is 1. The van der Waals surface area contributed by atoms with Crippen LogP contribution in [0.5, 0.6) is 0 Å². The van der Waals surface area contributed by atoms with Crippen LogP contribution >= 0.6 is 0 Å². The molecular weight excluding hydrogens is 216 g/mol. The normalized spacial score (nSPS) is 10.7. The Bertz CT molecular complexity index is 633. The fourth-order valence-electron chi connectivity index (χ4n) is 2.01. The van der Waals surface area contributed by atoms with Crippen LogP contribution in [0.15, 0.2) is 24.3 Å². The molecule has 0 amide bonds. The fraction of sp³-hybridized carbons (Fsp3) is 0.231. The van der Waals surface area contributed by atoms with E-state index in [1.165, 1.54) is 0 Å². The van der Waals surface area contributed by atoms with Crippen LogP contribution in [0.2, 0.25) is 0 Å².